The van der Waals surface area contributed by atoms with Crippen LogP contribution in [0.25, 0.3) is 11.4 Å². The zero-order valence-corrected chi connectivity index (χ0v) is 12.5. The highest BCUT2D eigenvalue weighted by Crippen LogP contribution is 2.19. The Morgan fingerprint density at radius 3 is 2.61 bits per heavy atom. The summed E-state index contributed by atoms with van der Waals surface area (Å²) in [5.74, 6) is 0.789. The molecular formula is C16H15N5O2. The molecule has 1 heterocycles. The molecule has 0 aliphatic carbocycles. The number of ether oxygens (including phenoxy) is 1. The number of benzene rings is 2. The predicted molar refractivity (Wildman–Crippen MR) is 83.9 cm³/mol. The molecule has 0 unspecified atom stereocenters. The number of carbonyl (C=O) groups excluding carboxylic acids is 1. The largest absolute Gasteiger partial charge is 0.496 e. The van der Waals surface area contributed by atoms with E-state index in [0.29, 0.717) is 17.9 Å². The van der Waals surface area contributed by atoms with Crippen LogP contribution < -0.4 is 10.5 Å². The zero-order valence-electron chi connectivity index (χ0n) is 12.5. The molecule has 3 aromatic rings. The molecule has 7 heteroatoms. The highest BCUT2D eigenvalue weighted by molar-refractivity contribution is 5.93. The molecule has 0 saturated carbocycles. The van der Waals surface area contributed by atoms with Gasteiger partial charge in [0, 0.05) is 16.7 Å². The number of carbonyl (C=O) groups is 1. The van der Waals surface area contributed by atoms with Crippen LogP contribution in [0, 0.1) is 0 Å². The Hall–Kier alpha value is -3.22. The quantitative estimate of drug-likeness (QED) is 0.770. The highest BCUT2D eigenvalue weighted by Gasteiger charge is 2.09. The Kier molecular flexibility index (Phi) is 4.01. The average molecular weight is 309 g/mol. The summed E-state index contributed by atoms with van der Waals surface area (Å²) in [6.07, 6.45) is 0. The van der Waals surface area contributed by atoms with Crippen LogP contribution in [0.5, 0.6) is 5.75 Å². The van der Waals surface area contributed by atoms with Crippen LogP contribution in [0.1, 0.15) is 15.9 Å². The number of nitrogens with two attached hydrogens (primary N) is 1. The molecule has 0 radical (unpaired) electrons. The van der Waals surface area contributed by atoms with Crippen molar-refractivity contribution in [2.24, 2.45) is 5.73 Å². The summed E-state index contributed by atoms with van der Waals surface area (Å²) in [6, 6.07) is 14.4. The number of tetrazole rings is 1. The smallest absolute Gasteiger partial charge is 0.248 e. The maximum absolute atomic E-state index is 11.1. The average Bonchev–Trinajstić information content (AvgIpc) is 3.04. The second-order valence-corrected chi connectivity index (χ2v) is 4.90. The molecule has 1 aromatic heterocycles. The van der Waals surface area contributed by atoms with Gasteiger partial charge >= 0.3 is 0 Å². The third-order valence-corrected chi connectivity index (χ3v) is 3.38. The molecule has 0 saturated heterocycles. The minimum absolute atomic E-state index is 0.440. The Bertz CT molecular complexity index is 826. The first kappa shape index (κ1) is 14.7. The van der Waals surface area contributed by atoms with E-state index in [1.807, 2.05) is 24.3 Å². The van der Waals surface area contributed by atoms with Crippen molar-refractivity contribution >= 4 is 5.91 Å². The number of rotatable bonds is 5. The van der Waals surface area contributed by atoms with Gasteiger partial charge in [-0.3, -0.25) is 4.79 Å². The summed E-state index contributed by atoms with van der Waals surface area (Å²) in [5.41, 5.74) is 7.39. The lowest BCUT2D eigenvalue weighted by atomic mass is 10.1. The van der Waals surface area contributed by atoms with Crippen LogP contribution in [0.2, 0.25) is 0 Å². The Labute approximate surface area is 132 Å². The van der Waals surface area contributed by atoms with Crippen molar-refractivity contribution in [2.45, 2.75) is 6.54 Å². The Morgan fingerprint density at radius 2 is 1.91 bits per heavy atom. The van der Waals surface area contributed by atoms with Gasteiger partial charge in [-0.2, -0.15) is 4.80 Å². The van der Waals surface area contributed by atoms with E-state index in [1.54, 1.807) is 31.4 Å². The number of para-hydroxylation sites is 1. The third kappa shape index (κ3) is 3.18. The molecule has 2 aromatic carbocycles. The minimum atomic E-state index is -0.468. The van der Waals surface area contributed by atoms with Gasteiger partial charge in [0.05, 0.1) is 13.7 Å². The van der Waals surface area contributed by atoms with Crippen LogP contribution >= 0.6 is 0 Å². The monoisotopic (exact) mass is 309 g/mol. The second kappa shape index (κ2) is 6.27. The van der Waals surface area contributed by atoms with Gasteiger partial charge in [0.2, 0.25) is 11.7 Å². The summed E-state index contributed by atoms with van der Waals surface area (Å²) in [6.45, 7) is 0.455. The van der Waals surface area contributed by atoms with Gasteiger partial charge in [0.1, 0.15) is 5.75 Å². The summed E-state index contributed by atoms with van der Waals surface area (Å²) in [4.78, 5) is 12.6. The topological polar surface area (TPSA) is 95.9 Å². The van der Waals surface area contributed by atoms with Crippen molar-refractivity contribution in [1.82, 2.24) is 20.2 Å². The summed E-state index contributed by atoms with van der Waals surface area (Å²) >= 11 is 0. The van der Waals surface area contributed by atoms with Crippen molar-refractivity contribution < 1.29 is 9.53 Å². The normalized spacial score (nSPS) is 10.5. The Balaban J connectivity index is 1.81. The first-order valence-corrected chi connectivity index (χ1v) is 6.97. The van der Waals surface area contributed by atoms with E-state index in [-0.39, 0.29) is 0 Å². The standard InChI is InChI=1S/C16H15N5O2/c1-23-14-5-3-2-4-13(14)10-21-19-16(18-20-21)12-8-6-11(7-9-12)15(17)22/h2-9H,10H2,1H3,(H2,17,22). The summed E-state index contributed by atoms with van der Waals surface area (Å²) < 4.78 is 5.31. The van der Waals surface area contributed by atoms with Crippen LogP contribution in [0.15, 0.2) is 48.5 Å². The van der Waals surface area contributed by atoms with Gasteiger partial charge in [0.15, 0.2) is 0 Å². The molecule has 0 fully saturated rings. The Morgan fingerprint density at radius 1 is 1.17 bits per heavy atom. The van der Waals surface area contributed by atoms with Crippen molar-refractivity contribution in [3.63, 3.8) is 0 Å². The van der Waals surface area contributed by atoms with E-state index < -0.39 is 5.91 Å². The lowest BCUT2D eigenvalue weighted by molar-refractivity contribution is 0.100. The SMILES string of the molecule is COc1ccccc1Cn1nnc(-c2ccc(C(N)=O)cc2)n1. The molecule has 0 aliphatic heterocycles. The molecule has 0 spiro atoms. The lowest BCUT2D eigenvalue weighted by Crippen LogP contribution is -2.10. The maximum Gasteiger partial charge on any atom is 0.248 e. The highest BCUT2D eigenvalue weighted by atomic mass is 16.5. The van der Waals surface area contributed by atoms with Gasteiger partial charge in [0.25, 0.3) is 0 Å². The van der Waals surface area contributed by atoms with E-state index in [9.17, 15) is 4.79 Å². The predicted octanol–water partition coefficient (Wildman–Crippen LogP) is 1.50. The fourth-order valence-electron chi connectivity index (χ4n) is 2.20. The number of nitrogens with zero attached hydrogens (tertiary/aromatic N) is 4. The van der Waals surface area contributed by atoms with Gasteiger partial charge < -0.3 is 10.5 Å². The molecule has 3 rings (SSSR count). The fourth-order valence-corrected chi connectivity index (χ4v) is 2.20. The van der Waals surface area contributed by atoms with Crippen molar-refractivity contribution in [1.29, 1.82) is 0 Å². The van der Waals surface area contributed by atoms with Crippen LogP contribution in [-0.4, -0.2) is 33.2 Å². The molecule has 7 nitrogen and oxygen atoms in total. The number of amides is 1. The second-order valence-electron chi connectivity index (χ2n) is 4.90. The number of hydrogen-bond donors (Lipinski definition) is 1. The number of aromatic nitrogens is 4. The minimum Gasteiger partial charge on any atom is -0.496 e. The molecule has 116 valence electrons. The third-order valence-electron chi connectivity index (χ3n) is 3.38. The number of primary amides is 1. The van der Waals surface area contributed by atoms with Crippen LogP contribution in [0.4, 0.5) is 0 Å². The van der Waals surface area contributed by atoms with Gasteiger partial charge in [-0.1, -0.05) is 30.3 Å². The first-order chi connectivity index (χ1) is 11.2. The van der Waals surface area contributed by atoms with Gasteiger partial charge in [-0.25, -0.2) is 0 Å². The molecule has 1 amide bonds. The van der Waals surface area contributed by atoms with Gasteiger partial charge in [-0.05, 0) is 23.4 Å². The molecule has 0 bridgehead atoms. The van der Waals surface area contributed by atoms with E-state index in [2.05, 4.69) is 15.4 Å². The van der Waals surface area contributed by atoms with Crippen molar-refractivity contribution in [3.8, 4) is 17.1 Å². The maximum atomic E-state index is 11.1. The fraction of sp³-hybridized carbons (Fsp3) is 0.125. The molecule has 0 atom stereocenters. The van der Waals surface area contributed by atoms with E-state index in [4.69, 9.17) is 10.5 Å². The van der Waals surface area contributed by atoms with Crippen molar-refractivity contribution in [3.05, 3.63) is 59.7 Å². The molecule has 23 heavy (non-hydrogen) atoms. The van der Waals surface area contributed by atoms with Gasteiger partial charge in [-0.15, -0.1) is 10.2 Å². The zero-order chi connectivity index (χ0) is 16.2. The molecular weight excluding hydrogens is 294 g/mol. The number of methoxy groups -OCH3 is 1. The first-order valence-electron chi connectivity index (χ1n) is 6.97. The van der Waals surface area contributed by atoms with E-state index >= 15 is 0 Å². The van der Waals surface area contributed by atoms with Crippen molar-refractivity contribution in [2.75, 3.05) is 7.11 Å². The summed E-state index contributed by atoms with van der Waals surface area (Å²) in [5, 5.41) is 12.4. The molecule has 2 N–H and O–H groups in total. The van der Waals surface area contributed by atoms with E-state index in [1.165, 1.54) is 4.80 Å². The number of hydrogen-bond acceptors (Lipinski definition) is 5. The summed E-state index contributed by atoms with van der Waals surface area (Å²) in [7, 11) is 1.62. The molecule has 0 aliphatic rings. The van der Waals surface area contributed by atoms with Crippen LogP contribution in [0.3, 0.4) is 0 Å². The lowest BCUT2D eigenvalue weighted by Gasteiger charge is -2.06. The van der Waals surface area contributed by atoms with Crippen LogP contribution in [-0.2, 0) is 6.54 Å². The van der Waals surface area contributed by atoms with E-state index in [0.717, 1.165) is 16.9 Å².